The monoisotopic (exact) mass is 475 g/mol. The first-order valence-electron chi connectivity index (χ1n) is 13.3. The minimum Gasteiger partial charge on any atom is -0.477 e. The molecule has 4 heterocycles. The number of nitrogens with zero attached hydrogens (tertiary/aromatic N) is 5. The number of rotatable bonds is 7. The topological polar surface area (TPSA) is 57.9 Å². The van der Waals surface area contributed by atoms with Crippen LogP contribution < -0.4 is 9.64 Å². The highest BCUT2D eigenvalue weighted by Crippen LogP contribution is 2.31. The number of fused-ring (bicyclic) bond motifs is 2. The predicted octanol–water partition coefficient (Wildman–Crippen LogP) is 4.58. The lowest BCUT2D eigenvalue weighted by Gasteiger charge is -2.46. The Kier molecular flexibility index (Phi) is 6.61. The molecule has 1 aromatic carbocycles. The number of hydrogen-bond acceptors (Lipinski definition) is 7. The molecule has 2 aliphatic heterocycles. The summed E-state index contributed by atoms with van der Waals surface area (Å²) < 4.78 is 11.7. The van der Waals surface area contributed by atoms with Crippen molar-refractivity contribution in [2.24, 2.45) is 5.92 Å². The summed E-state index contributed by atoms with van der Waals surface area (Å²) >= 11 is 0. The van der Waals surface area contributed by atoms with E-state index in [4.69, 9.17) is 9.26 Å². The fourth-order valence-electron chi connectivity index (χ4n) is 6.24. The van der Waals surface area contributed by atoms with Crippen LogP contribution >= 0.6 is 0 Å². The van der Waals surface area contributed by atoms with Crippen LogP contribution in [0.5, 0.6) is 5.88 Å². The normalized spacial score (nSPS) is 23.8. The Balaban J connectivity index is 0.980. The molecule has 0 N–H and O–H groups in total. The SMILES string of the molecule is CN(Cc1ccc(OC[C@H]2CC[C@H]3CN(c4noc5ccccc45)CCN3C2)nc1)C1CCCC1. The van der Waals surface area contributed by atoms with Gasteiger partial charge in [0.05, 0.1) is 12.0 Å². The molecule has 0 bridgehead atoms. The van der Waals surface area contributed by atoms with E-state index >= 15 is 0 Å². The Labute approximate surface area is 208 Å². The van der Waals surface area contributed by atoms with E-state index in [9.17, 15) is 0 Å². The van der Waals surface area contributed by atoms with Gasteiger partial charge in [0.15, 0.2) is 11.4 Å². The highest BCUT2D eigenvalue weighted by Gasteiger charge is 2.34. The summed E-state index contributed by atoms with van der Waals surface area (Å²) in [6, 6.07) is 13.7. The van der Waals surface area contributed by atoms with Crippen molar-refractivity contribution in [3.63, 3.8) is 0 Å². The second kappa shape index (κ2) is 10.2. The van der Waals surface area contributed by atoms with Crippen LogP contribution in [0.1, 0.15) is 44.1 Å². The molecule has 186 valence electrons. The first kappa shape index (κ1) is 22.8. The molecule has 0 unspecified atom stereocenters. The summed E-state index contributed by atoms with van der Waals surface area (Å²) in [4.78, 5) is 12.1. The largest absolute Gasteiger partial charge is 0.477 e. The molecular weight excluding hydrogens is 438 g/mol. The summed E-state index contributed by atoms with van der Waals surface area (Å²) in [5, 5.41) is 5.50. The fraction of sp³-hybridized carbons (Fsp3) is 0.571. The van der Waals surface area contributed by atoms with Gasteiger partial charge in [-0.3, -0.25) is 9.80 Å². The summed E-state index contributed by atoms with van der Waals surface area (Å²) in [5.41, 5.74) is 2.14. The second-order valence-corrected chi connectivity index (χ2v) is 10.7. The lowest BCUT2D eigenvalue weighted by atomic mass is 9.91. The van der Waals surface area contributed by atoms with Crippen molar-refractivity contribution in [2.45, 2.75) is 57.2 Å². The van der Waals surface area contributed by atoms with Crippen LogP contribution in [0.25, 0.3) is 11.0 Å². The molecule has 2 saturated heterocycles. The molecule has 7 nitrogen and oxygen atoms in total. The van der Waals surface area contributed by atoms with Crippen LogP contribution in [-0.4, -0.2) is 71.9 Å². The summed E-state index contributed by atoms with van der Waals surface area (Å²) in [5.74, 6) is 2.30. The number of piperidine rings is 1. The van der Waals surface area contributed by atoms with Crippen molar-refractivity contribution < 1.29 is 9.26 Å². The zero-order valence-corrected chi connectivity index (χ0v) is 20.8. The van der Waals surface area contributed by atoms with Gasteiger partial charge in [-0.1, -0.05) is 36.2 Å². The molecule has 0 radical (unpaired) electrons. The Morgan fingerprint density at radius 3 is 2.77 bits per heavy atom. The van der Waals surface area contributed by atoms with Gasteiger partial charge in [0.25, 0.3) is 0 Å². The van der Waals surface area contributed by atoms with Gasteiger partial charge in [-0.2, -0.15) is 0 Å². The van der Waals surface area contributed by atoms with E-state index in [1.807, 2.05) is 24.4 Å². The highest BCUT2D eigenvalue weighted by atomic mass is 16.5. The van der Waals surface area contributed by atoms with Crippen LogP contribution in [0.4, 0.5) is 5.82 Å². The van der Waals surface area contributed by atoms with Gasteiger partial charge in [0.1, 0.15) is 0 Å². The van der Waals surface area contributed by atoms with E-state index < -0.39 is 0 Å². The van der Waals surface area contributed by atoms with Gasteiger partial charge in [0.2, 0.25) is 5.88 Å². The maximum absolute atomic E-state index is 6.13. The summed E-state index contributed by atoms with van der Waals surface area (Å²) in [6.07, 6.45) is 9.79. The van der Waals surface area contributed by atoms with E-state index in [0.717, 1.165) is 68.0 Å². The number of hydrogen-bond donors (Lipinski definition) is 0. The third-order valence-electron chi connectivity index (χ3n) is 8.31. The lowest BCUT2D eigenvalue weighted by Crippen LogP contribution is -2.57. The summed E-state index contributed by atoms with van der Waals surface area (Å²) in [6.45, 7) is 5.88. The Hall–Kier alpha value is -2.64. The fourth-order valence-corrected chi connectivity index (χ4v) is 6.24. The number of para-hydroxylation sites is 1. The molecule has 7 heteroatoms. The number of piperazine rings is 1. The van der Waals surface area contributed by atoms with Crippen LogP contribution in [0, 0.1) is 5.92 Å². The van der Waals surface area contributed by atoms with E-state index in [1.165, 1.54) is 44.1 Å². The molecular formula is C28H37N5O2. The molecule has 35 heavy (non-hydrogen) atoms. The van der Waals surface area contributed by atoms with E-state index in [1.54, 1.807) is 0 Å². The highest BCUT2D eigenvalue weighted by molar-refractivity contribution is 5.88. The van der Waals surface area contributed by atoms with Crippen molar-refractivity contribution in [3.05, 3.63) is 48.2 Å². The smallest absolute Gasteiger partial charge is 0.213 e. The lowest BCUT2D eigenvalue weighted by molar-refractivity contribution is 0.0716. The Morgan fingerprint density at radius 2 is 1.91 bits per heavy atom. The van der Waals surface area contributed by atoms with E-state index in [-0.39, 0.29) is 0 Å². The van der Waals surface area contributed by atoms with E-state index in [2.05, 4.69) is 50.1 Å². The van der Waals surface area contributed by atoms with Gasteiger partial charge in [-0.05, 0) is 50.4 Å². The number of anilines is 1. The average molecular weight is 476 g/mol. The molecule has 3 fully saturated rings. The minimum atomic E-state index is 0.556. The number of aromatic nitrogens is 2. The maximum atomic E-state index is 6.13. The van der Waals surface area contributed by atoms with Gasteiger partial charge in [-0.25, -0.2) is 4.98 Å². The number of ether oxygens (including phenoxy) is 1. The van der Waals surface area contributed by atoms with Crippen molar-refractivity contribution in [2.75, 3.05) is 44.7 Å². The summed E-state index contributed by atoms with van der Waals surface area (Å²) in [7, 11) is 2.24. The number of benzene rings is 1. The Bertz CT molecular complexity index is 1110. The molecule has 2 aromatic heterocycles. The van der Waals surface area contributed by atoms with Crippen molar-refractivity contribution in [1.82, 2.24) is 19.9 Å². The zero-order chi connectivity index (χ0) is 23.6. The zero-order valence-electron chi connectivity index (χ0n) is 20.8. The average Bonchev–Trinajstić information content (AvgIpc) is 3.59. The van der Waals surface area contributed by atoms with Crippen LogP contribution in [-0.2, 0) is 6.54 Å². The predicted molar refractivity (Wildman–Crippen MR) is 138 cm³/mol. The van der Waals surface area contributed by atoms with Crippen LogP contribution in [0.3, 0.4) is 0 Å². The molecule has 1 aliphatic carbocycles. The quantitative estimate of drug-likeness (QED) is 0.496. The van der Waals surface area contributed by atoms with Crippen molar-refractivity contribution >= 4 is 16.8 Å². The van der Waals surface area contributed by atoms with Gasteiger partial charge in [-0.15, -0.1) is 0 Å². The third-order valence-corrected chi connectivity index (χ3v) is 8.31. The minimum absolute atomic E-state index is 0.556. The second-order valence-electron chi connectivity index (χ2n) is 10.7. The molecule has 2 atom stereocenters. The molecule has 3 aliphatic rings. The van der Waals surface area contributed by atoms with Gasteiger partial charge >= 0.3 is 0 Å². The van der Waals surface area contributed by atoms with Gasteiger partial charge in [0, 0.05) is 63.0 Å². The standard InChI is InChI=1S/C28H37N5O2/c1-31(23-6-2-3-7-23)17-21-11-13-27(29-16-21)34-20-22-10-12-24-19-33(15-14-32(24)18-22)28-25-8-4-5-9-26(25)35-30-28/h4-5,8-9,11,13,16,22-24H,2-3,6-7,10,12,14-15,17-20H2,1H3/t22-,24-/m0/s1. The molecule has 1 saturated carbocycles. The first-order valence-corrected chi connectivity index (χ1v) is 13.3. The van der Waals surface area contributed by atoms with Crippen LogP contribution in [0.2, 0.25) is 0 Å². The van der Waals surface area contributed by atoms with Gasteiger partial charge < -0.3 is 14.2 Å². The number of pyridine rings is 1. The maximum Gasteiger partial charge on any atom is 0.213 e. The molecule has 0 spiro atoms. The Morgan fingerprint density at radius 1 is 1.03 bits per heavy atom. The third kappa shape index (κ3) is 5.02. The van der Waals surface area contributed by atoms with Crippen molar-refractivity contribution in [1.29, 1.82) is 0 Å². The van der Waals surface area contributed by atoms with E-state index in [0.29, 0.717) is 12.0 Å². The molecule has 0 amide bonds. The molecule has 3 aromatic rings. The first-order chi connectivity index (χ1) is 17.2. The van der Waals surface area contributed by atoms with Crippen LogP contribution in [0.15, 0.2) is 47.1 Å². The van der Waals surface area contributed by atoms with Crippen molar-refractivity contribution in [3.8, 4) is 5.88 Å². The molecule has 6 rings (SSSR count).